The van der Waals surface area contributed by atoms with E-state index in [1.165, 1.54) is 0 Å². The Balaban J connectivity index is 1.51. The molecule has 1 fully saturated rings. The topological polar surface area (TPSA) is 62.7 Å². The van der Waals surface area contributed by atoms with Crippen LogP contribution in [0.1, 0.15) is 23.2 Å². The van der Waals surface area contributed by atoms with Gasteiger partial charge in [0.15, 0.2) is 0 Å². The zero-order valence-electron chi connectivity index (χ0n) is 14.0. The van der Waals surface area contributed by atoms with Crippen LogP contribution in [0.25, 0.3) is 0 Å². The van der Waals surface area contributed by atoms with E-state index in [1.54, 1.807) is 24.2 Å². The van der Waals surface area contributed by atoms with Gasteiger partial charge in [-0.1, -0.05) is 0 Å². The van der Waals surface area contributed by atoms with Crippen molar-refractivity contribution < 1.29 is 14.6 Å². The van der Waals surface area contributed by atoms with Gasteiger partial charge in [0.1, 0.15) is 11.9 Å². The average Bonchev–Trinajstić information content (AvgIpc) is 2.68. The summed E-state index contributed by atoms with van der Waals surface area (Å²) in [5, 5.41) is 8.86. The summed E-state index contributed by atoms with van der Waals surface area (Å²) in [7, 11) is 0. The molecule has 0 unspecified atom stereocenters. The van der Waals surface area contributed by atoms with Crippen LogP contribution in [0.2, 0.25) is 0 Å². The van der Waals surface area contributed by atoms with Crippen LogP contribution < -0.4 is 4.74 Å². The maximum Gasteiger partial charge on any atom is 0.253 e. The quantitative estimate of drug-likeness (QED) is 0.805. The number of carbonyl (C=O) groups is 1. The molecule has 1 aromatic heterocycles. The number of ether oxygens (including phenoxy) is 1. The summed E-state index contributed by atoms with van der Waals surface area (Å²) in [6.07, 6.45) is 5.24. The van der Waals surface area contributed by atoms with Gasteiger partial charge in [0.05, 0.1) is 6.61 Å². The van der Waals surface area contributed by atoms with E-state index in [0.717, 1.165) is 23.5 Å². The number of pyridine rings is 1. The molecule has 0 spiro atoms. The first-order valence-corrected chi connectivity index (χ1v) is 9.44. The predicted octanol–water partition coefficient (Wildman–Crippen LogP) is 2.85. The SMILES string of the molecule is O=C(c1ccc(SCCO)cc1)N1CCC(Oc2ccncc2)CC1. The van der Waals surface area contributed by atoms with Crippen molar-refractivity contribution in [2.45, 2.75) is 23.8 Å². The molecule has 25 heavy (non-hydrogen) atoms. The van der Waals surface area contributed by atoms with Crippen molar-refractivity contribution >= 4 is 17.7 Å². The zero-order chi connectivity index (χ0) is 17.5. The molecule has 132 valence electrons. The lowest BCUT2D eigenvalue weighted by Gasteiger charge is -2.32. The summed E-state index contributed by atoms with van der Waals surface area (Å²) in [6, 6.07) is 11.3. The Morgan fingerprint density at radius 1 is 1.16 bits per heavy atom. The highest BCUT2D eigenvalue weighted by molar-refractivity contribution is 7.99. The first-order chi connectivity index (χ1) is 12.3. The Morgan fingerprint density at radius 2 is 1.84 bits per heavy atom. The van der Waals surface area contributed by atoms with Crippen LogP contribution in [0.5, 0.6) is 5.75 Å². The van der Waals surface area contributed by atoms with Gasteiger partial charge in [0.25, 0.3) is 5.91 Å². The van der Waals surface area contributed by atoms with E-state index < -0.39 is 0 Å². The van der Waals surface area contributed by atoms with E-state index in [1.807, 2.05) is 41.3 Å². The average molecular weight is 358 g/mol. The molecule has 0 radical (unpaired) electrons. The molecule has 1 amide bonds. The number of likely N-dealkylation sites (tertiary alicyclic amines) is 1. The van der Waals surface area contributed by atoms with Gasteiger partial charge in [-0.05, 0) is 36.4 Å². The normalized spacial score (nSPS) is 15.2. The number of carbonyl (C=O) groups excluding carboxylic acids is 1. The predicted molar refractivity (Wildman–Crippen MR) is 98.0 cm³/mol. The van der Waals surface area contributed by atoms with E-state index >= 15 is 0 Å². The molecular formula is C19H22N2O3S. The van der Waals surface area contributed by atoms with Crippen LogP contribution in [0, 0.1) is 0 Å². The van der Waals surface area contributed by atoms with E-state index in [4.69, 9.17) is 9.84 Å². The molecule has 1 aliphatic rings. The Kier molecular flexibility index (Phi) is 6.30. The van der Waals surface area contributed by atoms with Gasteiger partial charge in [-0.2, -0.15) is 0 Å². The lowest BCUT2D eigenvalue weighted by atomic mass is 10.1. The zero-order valence-corrected chi connectivity index (χ0v) is 14.8. The number of benzene rings is 1. The van der Waals surface area contributed by atoms with E-state index in [2.05, 4.69) is 4.98 Å². The fraction of sp³-hybridized carbons (Fsp3) is 0.368. The maximum absolute atomic E-state index is 12.6. The number of thioether (sulfide) groups is 1. The second kappa shape index (κ2) is 8.87. The highest BCUT2D eigenvalue weighted by atomic mass is 32.2. The summed E-state index contributed by atoms with van der Waals surface area (Å²) in [4.78, 5) is 19.6. The highest BCUT2D eigenvalue weighted by Crippen LogP contribution is 2.21. The Morgan fingerprint density at radius 3 is 2.48 bits per heavy atom. The molecule has 1 N–H and O–H groups in total. The van der Waals surface area contributed by atoms with Crippen molar-refractivity contribution in [3.05, 3.63) is 54.4 Å². The molecule has 6 heteroatoms. The number of hydrogen-bond acceptors (Lipinski definition) is 5. The molecular weight excluding hydrogens is 336 g/mol. The highest BCUT2D eigenvalue weighted by Gasteiger charge is 2.24. The number of amides is 1. The number of rotatable bonds is 6. The summed E-state index contributed by atoms with van der Waals surface area (Å²) in [6.45, 7) is 1.56. The molecule has 3 rings (SSSR count). The number of nitrogens with zero attached hydrogens (tertiary/aromatic N) is 2. The number of aliphatic hydroxyl groups excluding tert-OH is 1. The molecule has 0 atom stereocenters. The molecule has 2 heterocycles. The number of piperidine rings is 1. The first kappa shape index (κ1) is 17.8. The lowest BCUT2D eigenvalue weighted by molar-refractivity contribution is 0.0595. The van der Waals surface area contributed by atoms with Crippen molar-refractivity contribution in [1.82, 2.24) is 9.88 Å². The van der Waals surface area contributed by atoms with Gasteiger partial charge in [-0.25, -0.2) is 0 Å². The second-order valence-electron chi connectivity index (χ2n) is 5.89. The Bertz CT molecular complexity index is 671. The van der Waals surface area contributed by atoms with Crippen molar-refractivity contribution in [2.24, 2.45) is 0 Å². The van der Waals surface area contributed by atoms with Crippen LogP contribution in [0.4, 0.5) is 0 Å². The number of aliphatic hydroxyl groups is 1. The van der Waals surface area contributed by atoms with Crippen LogP contribution in [-0.4, -0.2) is 52.5 Å². The standard InChI is InChI=1S/C19H22N2O3S/c22-13-14-25-18-3-1-15(2-4-18)19(23)21-11-7-17(8-12-21)24-16-5-9-20-10-6-16/h1-6,9-10,17,22H,7-8,11-14H2. The Labute approximate surface area is 152 Å². The van der Waals surface area contributed by atoms with Gasteiger partial charge in [0.2, 0.25) is 0 Å². The summed E-state index contributed by atoms with van der Waals surface area (Å²) >= 11 is 1.58. The van der Waals surface area contributed by atoms with Crippen LogP contribution in [0.3, 0.4) is 0 Å². The molecule has 0 bridgehead atoms. The first-order valence-electron chi connectivity index (χ1n) is 8.46. The number of hydrogen-bond donors (Lipinski definition) is 1. The van der Waals surface area contributed by atoms with Gasteiger partial charge < -0.3 is 14.7 Å². The number of aromatic nitrogens is 1. The molecule has 1 aliphatic heterocycles. The molecule has 2 aromatic rings. The minimum Gasteiger partial charge on any atom is -0.490 e. The monoisotopic (exact) mass is 358 g/mol. The van der Waals surface area contributed by atoms with Crippen molar-refractivity contribution in [1.29, 1.82) is 0 Å². The van der Waals surface area contributed by atoms with Gasteiger partial charge in [-0.15, -0.1) is 11.8 Å². The van der Waals surface area contributed by atoms with E-state index in [-0.39, 0.29) is 18.6 Å². The summed E-state index contributed by atoms with van der Waals surface area (Å²) < 4.78 is 5.94. The molecule has 5 nitrogen and oxygen atoms in total. The minimum absolute atomic E-state index is 0.0704. The van der Waals surface area contributed by atoms with Crippen molar-refractivity contribution in [2.75, 3.05) is 25.4 Å². The molecule has 0 aliphatic carbocycles. The minimum atomic E-state index is 0.0704. The smallest absolute Gasteiger partial charge is 0.253 e. The second-order valence-corrected chi connectivity index (χ2v) is 7.06. The van der Waals surface area contributed by atoms with E-state index in [9.17, 15) is 4.79 Å². The fourth-order valence-corrected chi connectivity index (χ4v) is 3.48. The van der Waals surface area contributed by atoms with E-state index in [0.29, 0.717) is 24.4 Å². The maximum atomic E-state index is 12.6. The van der Waals surface area contributed by atoms with Gasteiger partial charge >= 0.3 is 0 Å². The van der Waals surface area contributed by atoms with Crippen molar-refractivity contribution in [3.8, 4) is 5.75 Å². The lowest BCUT2D eigenvalue weighted by Crippen LogP contribution is -2.41. The van der Waals surface area contributed by atoms with Crippen LogP contribution in [-0.2, 0) is 0 Å². The molecule has 1 saturated heterocycles. The molecule has 0 saturated carbocycles. The third-order valence-electron chi connectivity index (χ3n) is 4.14. The summed E-state index contributed by atoms with van der Waals surface area (Å²) in [5.74, 6) is 1.56. The van der Waals surface area contributed by atoms with Crippen LogP contribution in [0.15, 0.2) is 53.7 Å². The van der Waals surface area contributed by atoms with Crippen LogP contribution >= 0.6 is 11.8 Å². The Hall–Kier alpha value is -2.05. The third-order valence-corrected chi connectivity index (χ3v) is 5.14. The largest absolute Gasteiger partial charge is 0.490 e. The van der Waals surface area contributed by atoms with Gasteiger partial charge in [0, 0.05) is 54.5 Å². The van der Waals surface area contributed by atoms with Gasteiger partial charge in [-0.3, -0.25) is 9.78 Å². The summed E-state index contributed by atoms with van der Waals surface area (Å²) in [5.41, 5.74) is 0.710. The third kappa shape index (κ3) is 4.96. The van der Waals surface area contributed by atoms with Crippen molar-refractivity contribution in [3.63, 3.8) is 0 Å². The molecule has 1 aromatic carbocycles. The fourth-order valence-electron chi connectivity index (χ4n) is 2.83.